The predicted octanol–water partition coefficient (Wildman–Crippen LogP) is 1.38. The molecular formula is C11H15NO2. The molecule has 0 amide bonds. The monoisotopic (exact) mass is 193 g/mol. The molecule has 0 aliphatic rings. The third-order valence-electron chi connectivity index (χ3n) is 2.56. The molecule has 0 radical (unpaired) electrons. The molecule has 3 heteroatoms. The van der Waals surface area contributed by atoms with Crippen LogP contribution in [0, 0.1) is 0 Å². The molecule has 1 atom stereocenters. The minimum absolute atomic E-state index is 0.549. The van der Waals surface area contributed by atoms with Crippen LogP contribution in [0.5, 0.6) is 0 Å². The van der Waals surface area contributed by atoms with Crippen molar-refractivity contribution in [3.63, 3.8) is 0 Å². The van der Waals surface area contributed by atoms with E-state index in [9.17, 15) is 4.79 Å². The minimum atomic E-state index is -0.973. The lowest BCUT2D eigenvalue weighted by atomic mass is 9.78. The second kappa shape index (κ2) is 3.80. The van der Waals surface area contributed by atoms with Crippen molar-refractivity contribution < 1.29 is 9.90 Å². The van der Waals surface area contributed by atoms with Crippen LogP contribution in [-0.4, -0.2) is 17.1 Å². The van der Waals surface area contributed by atoms with Crippen LogP contribution >= 0.6 is 0 Å². The number of carboxylic acid groups (broad SMARTS) is 1. The highest BCUT2D eigenvalue weighted by molar-refractivity contribution is 5.75. The van der Waals surface area contributed by atoms with E-state index in [0.29, 0.717) is 0 Å². The van der Waals surface area contributed by atoms with Gasteiger partial charge in [0, 0.05) is 5.41 Å². The van der Waals surface area contributed by atoms with Gasteiger partial charge >= 0.3 is 5.97 Å². The molecule has 1 rings (SSSR count). The van der Waals surface area contributed by atoms with Gasteiger partial charge < -0.3 is 10.8 Å². The summed E-state index contributed by atoms with van der Waals surface area (Å²) in [5.41, 5.74) is 6.02. The first-order valence-electron chi connectivity index (χ1n) is 4.50. The molecule has 0 heterocycles. The lowest BCUT2D eigenvalue weighted by Crippen LogP contribution is -2.46. The van der Waals surface area contributed by atoms with E-state index in [1.54, 1.807) is 0 Å². The van der Waals surface area contributed by atoms with Gasteiger partial charge in [-0.05, 0) is 5.56 Å². The number of hydrogen-bond acceptors (Lipinski definition) is 2. The molecule has 1 aromatic rings. The fraction of sp³-hybridized carbons (Fsp3) is 0.364. The molecule has 0 unspecified atom stereocenters. The average molecular weight is 193 g/mol. The van der Waals surface area contributed by atoms with Gasteiger partial charge in [-0.1, -0.05) is 44.2 Å². The normalized spacial score (nSPS) is 13.6. The van der Waals surface area contributed by atoms with Gasteiger partial charge in [0.25, 0.3) is 0 Å². The van der Waals surface area contributed by atoms with E-state index in [1.807, 2.05) is 44.2 Å². The topological polar surface area (TPSA) is 63.3 Å². The largest absolute Gasteiger partial charge is 0.480 e. The van der Waals surface area contributed by atoms with Crippen molar-refractivity contribution in [2.24, 2.45) is 5.73 Å². The lowest BCUT2D eigenvalue weighted by Gasteiger charge is -2.29. The highest BCUT2D eigenvalue weighted by Crippen LogP contribution is 2.25. The summed E-state index contributed by atoms with van der Waals surface area (Å²) in [6.07, 6.45) is 0. The highest BCUT2D eigenvalue weighted by atomic mass is 16.4. The second-order valence-electron chi connectivity index (χ2n) is 3.90. The van der Waals surface area contributed by atoms with Gasteiger partial charge in [0.05, 0.1) is 0 Å². The summed E-state index contributed by atoms with van der Waals surface area (Å²) in [6, 6.07) is 8.55. The fourth-order valence-electron chi connectivity index (χ4n) is 1.36. The summed E-state index contributed by atoms with van der Waals surface area (Å²) in [6.45, 7) is 3.67. The van der Waals surface area contributed by atoms with Gasteiger partial charge in [0.2, 0.25) is 0 Å². The van der Waals surface area contributed by atoms with Crippen LogP contribution in [0.1, 0.15) is 19.4 Å². The predicted molar refractivity (Wildman–Crippen MR) is 55.1 cm³/mol. The highest BCUT2D eigenvalue weighted by Gasteiger charge is 2.33. The standard InChI is InChI=1S/C11H15NO2/c1-11(2,9(12)10(13)14)8-6-4-3-5-7-8/h3-7,9H,12H2,1-2H3,(H,13,14)/t9-/m0/s1. The van der Waals surface area contributed by atoms with Crippen molar-refractivity contribution in [3.05, 3.63) is 35.9 Å². The van der Waals surface area contributed by atoms with E-state index < -0.39 is 17.4 Å². The molecule has 0 aliphatic carbocycles. The van der Waals surface area contributed by atoms with Crippen LogP contribution in [0.2, 0.25) is 0 Å². The first kappa shape index (κ1) is 10.7. The van der Waals surface area contributed by atoms with Gasteiger partial charge in [-0.2, -0.15) is 0 Å². The lowest BCUT2D eigenvalue weighted by molar-refractivity contribution is -0.140. The Morgan fingerprint density at radius 2 is 1.86 bits per heavy atom. The molecule has 3 nitrogen and oxygen atoms in total. The first-order chi connectivity index (χ1) is 6.46. The quantitative estimate of drug-likeness (QED) is 0.762. The maximum Gasteiger partial charge on any atom is 0.321 e. The van der Waals surface area contributed by atoms with Crippen LogP contribution in [0.15, 0.2) is 30.3 Å². The molecule has 0 saturated heterocycles. The minimum Gasteiger partial charge on any atom is -0.480 e. The van der Waals surface area contributed by atoms with Gasteiger partial charge in [-0.25, -0.2) is 0 Å². The van der Waals surface area contributed by atoms with Crippen molar-refractivity contribution >= 4 is 5.97 Å². The van der Waals surface area contributed by atoms with E-state index in [1.165, 1.54) is 0 Å². The number of carboxylic acids is 1. The van der Waals surface area contributed by atoms with E-state index in [0.717, 1.165) is 5.56 Å². The number of benzene rings is 1. The molecule has 0 spiro atoms. The van der Waals surface area contributed by atoms with Crippen LogP contribution < -0.4 is 5.73 Å². The molecule has 76 valence electrons. The molecule has 0 aliphatic heterocycles. The number of nitrogens with two attached hydrogens (primary N) is 1. The summed E-state index contributed by atoms with van der Waals surface area (Å²) >= 11 is 0. The molecule has 1 aromatic carbocycles. The van der Waals surface area contributed by atoms with E-state index in [-0.39, 0.29) is 0 Å². The van der Waals surface area contributed by atoms with Crippen molar-refractivity contribution in [2.75, 3.05) is 0 Å². The van der Waals surface area contributed by atoms with Crippen molar-refractivity contribution in [1.29, 1.82) is 0 Å². The molecule has 3 N–H and O–H groups in total. The maximum absolute atomic E-state index is 10.8. The van der Waals surface area contributed by atoms with Crippen LogP contribution in [-0.2, 0) is 10.2 Å². The van der Waals surface area contributed by atoms with Crippen molar-refractivity contribution in [3.8, 4) is 0 Å². The smallest absolute Gasteiger partial charge is 0.321 e. The average Bonchev–Trinajstić information content (AvgIpc) is 2.18. The molecule has 14 heavy (non-hydrogen) atoms. The Bertz CT molecular complexity index is 319. The number of rotatable bonds is 3. The molecule has 0 aromatic heterocycles. The summed E-state index contributed by atoms with van der Waals surface area (Å²) in [5, 5.41) is 8.85. The SMILES string of the molecule is CC(C)(c1ccccc1)[C@@H](N)C(=O)O. The van der Waals surface area contributed by atoms with Crippen LogP contribution in [0.3, 0.4) is 0 Å². The third-order valence-corrected chi connectivity index (χ3v) is 2.56. The molecule has 0 saturated carbocycles. The van der Waals surface area contributed by atoms with Gasteiger partial charge in [0.15, 0.2) is 0 Å². The zero-order chi connectivity index (χ0) is 10.8. The Balaban J connectivity index is 3.02. The van der Waals surface area contributed by atoms with Crippen molar-refractivity contribution in [1.82, 2.24) is 0 Å². The van der Waals surface area contributed by atoms with Crippen LogP contribution in [0.4, 0.5) is 0 Å². The molecule has 0 bridgehead atoms. The summed E-state index contributed by atoms with van der Waals surface area (Å²) in [7, 11) is 0. The zero-order valence-corrected chi connectivity index (χ0v) is 8.40. The Morgan fingerprint density at radius 1 is 1.36 bits per heavy atom. The van der Waals surface area contributed by atoms with Crippen molar-refractivity contribution in [2.45, 2.75) is 25.3 Å². The molecular weight excluding hydrogens is 178 g/mol. The van der Waals surface area contributed by atoms with Gasteiger partial charge in [0.1, 0.15) is 6.04 Å². The van der Waals surface area contributed by atoms with Gasteiger partial charge in [-0.3, -0.25) is 4.79 Å². The van der Waals surface area contributed by atoms with E-state index in [4.69, 9.17) is 10.8 Å². The Hall–Kier alpha value is -1.35. The Labute approximate surface area is 83.6 Å². The first-order valence-corrected chi connectivity index (χ1v) is 4.50. The summed E-state index contributed by atoms with van der Waals surface area (Å²) in [4.78, 5) is 10.8. The van der Waals surface area contributed by atoms with Crippen LogP contribution in [0.25, 0.3) is 0 Å². The third kappa shape index (κ3) is 1.93. The molecule has 0 fully saturated rings. The Kier molecular flexibility index (Phi) is 2.91. The second-order valence-corrected chi connectivity index (χ2v) is 3.90. The number of aliphatic carboxylic acids is 1. The summed E-state index contributed by atoms with van der Waals surface area (Å²) in [5.74, 6) is -0.973. The van der Waals surface area contributed by atoms with Gasteiger partial charge in [-0.15, -0.1) is 0 Å². The summed E-state index contributed by atoms with van der Waals surface area (Å²) < 4.78 is 0. The fourth-order valence-corrected chi connectivity index (χ4v) is 1.36. The number of carbonyl (C=O) groups is 1. The Morgan fingerprint density at radius 3 is 2.29 bits per heavy atom. The zero-order valence-electron chi connectivity index (χ0n) is 8.40. The van der Waals surface area contributed by atoms with E-state index >= 15 is 0 Å². The maximum atomic E-state index is 10.8. The van der Waals surface area contributed by atoms with E-state index in [2.05, 4.69) is 0 Å². The number of hydrogen-bond donors (Lipinski definition) is 2.